The van der Waals surface area contributed by atoms with E-state index in [1.165, 1.54) is 32.1 Å². The molecule has 1 aromatic carbocycles. The van der Waals surface area contributed by atoms with E-state index in [1.54, 1.807) is 31.0 Å². The Morgan fingerprint density at radius 1 is 1.19 bits per heavy atom. The first-order valence-electron chi connectivity index (χ1n) is 10.6. The van der Waals surface area contributed by atoms with Crippen LogP contribution < -0.4 is 14.8 Å². The fourth-order valence-corrected chi connectivity index (χ4v) is 3.86. The molecule has 1 aliphatic rings. The molecule has 4 rings (SSSR count). The van der Waals surface area contributed by atoms with Gasteiger partial charge in [0, 0.05) is 12.3 Å². The van der Waals surface area contributed by atoms with Crippen molar-refractivity contribution in [3.8, 4) is 17.2 Å². The van der Waals surface area contributed by atoms with Gasteiger partial charge in [-0.2, -0.15) is 0 Å². The topological polar surface area (TPSA) is 91.2 Å². The lowest BCUT2D eigenvalue weighted by Crippen LogP contribution is -2.18. The summed E-state index contributed by atoms with van der Waals surface area (Å²) >= 11 is 0. The summed E-state index contributed by atoms with van der Waals surface area (Å²) in [6, 6.07) is 11.0. The van der Waals surface area contributed by atoms with Crippen LogP contribution in [0.5, 0.6) is 11.5 Å². The molecule has 2 aromatic heterocycles. The van der Waals surface area contributed by atoms with Crippen LogP contribution in [0.2, 0.25) is 0 Å². The Morgan fingerprint density at radius 2 is 2.03 bits per heavy atom. The number of nitrogens with one attached hydrogen (secondary N) is 1. The van der Waals surface area contributed by atoms with Crippen LogP contribution in [-0.4, -0.2) is 39.6 Å². The van der Waals surface area contributed by atoms with Crippen LogP contribution in [0.3, 0.4) is 0 Å². The first-order chi connectivity index (χ1) is 15.2. The third-order valence-electron chi connectivity index (χ3n) is 5.61. The average Bonchev–Trinajstić information content (AvgIpc) is 3.20. The lowest BCUT2D eigenvalue weighted by atomic mass is 9.90. The van der Waals surface area contributed by atoms with Crippen LogP contribution in [0.1, 0.15) is 48.3 Å². The Balaban J connectivity index is 1.48. The van der Waals surface area contributed by atoms with E-state index in [0.29, 0.717) is 35.5 Å². The van der Waals surface area contributed by atoms with Crippen LogP contribution in [0.15, 0.2) is 42.6 Å². The molecule has 3 aromatic rings. The van der Waals surface area contributed by atoms with Crippen molar-refractivity contribution in [2.24, 2.45) is 5.92 Å². The summed E-state index contributed by atoms with van der Waals surface area (Å²) in [6.07, 6.45) is 7.83. The highest BCUT2D eigenvalue weighted by Crippen LogP contribution is 2.27. The summed E-state index contributed by atoms with van der Waals surface area (Å²) in [5.41, 5.74) is 1.61. The average molecular weight is 422 g/mol. The minimum atomic E-state index is -0.382. The highest BCUT2D eigenvalue weighted by Gasteiger charge is 2.20. The number of rotatable bonds is 7. The zero-order valence-corrected chi connectivity index (χ0v) is 17.9. The molecular weight excluding hydrogens is 394 g/mol. The molecule has 8 nitrogen and oxygen atoms in total. The highest BCUT2D eigenvalue weighted by atomic mass is 16.5. The monoisotopic (exact) mass is 421 g/mol. The number of hydrogen-bond donors (Lipinski definition) is 1. The number of methoxy groups -OCH3 is 1. The maximum Gasteiger partial charge on any atom is 0.279 e. The molecule has 0 bridgehead atoms. The number of aromatic nitrogens is 4. The molecule has 1 aliphatic carbocycles. The van der Waals surface area contributed by atoms with Gasteiger partial charge in [0.1, 0.15) is 5.75 Å². The van der Waals surface area contributed by atoms with E-state index in [-0.39, 0.29) is 11.6 Å². The number of carbonyl (C=O) groups excluding carboxylic acids is 1. The number of ether oxygens (including phenoxy) is 2. The van der Waals surface area contributed by atoms with E-state index in [2.05, 4.69) is 20.6 Å². The van der Waals surface area contributed by atoms with Crippen LogP contribution >= 0.6 is 0 Å². The SMILES string of the molecule is COc1cccc(-n2nnc(C(=O)Nc3ncccc3OCC3CCCCC3)c2C)c1. The first kappa shape index (κ1) is 20.8. The lowest BCUT2D eigenvalue weighted by Gasteiger charge is -2.22. The molecule has 1 saturated carbocycles. The number of carbonyl (C=O) groups is 1. The summed E-state index contributed by atoms with van der Waals surface area (Å²) in [6.45, 7) is 2.44. The molecule has 0 atom stereocenters. The molecule has 0 radical (unpaired) electrons. The summed E-state index contributed by atoms with van der Waals surface area (Å²) in [5.74, 6) is 1.83. The van der Waals surface area contributed by atoms with Crippen molar-refractivity contribution in [1.29, 1.82) is 0 Å². The summed E-state index contributed by atoms with van der Waals surface area (Å²) in [5, 5.41) is 11.1. The van der Waals surface area contributed by atoms with E-state index in [1.807, 2.05) is 30.3 Å². The summed E-state index contributed by atoms with van der Waals surface area (Å²) in [4.78, 5) is 17.2. The Kier molecular flexibility index (Phi) is 6.45. The van der Waals surface area contributed by atoms with Gasteiger partial charge in [-0.25, -0.2) is 9.67 Å². The lowest BCUT2D eigenvalue weighted by molar-refractivity contribution is 0.102. The van der Waals surface area contributed by atoms with E-state index in [4.69, 9.17) is 9.47 Å². The third-order valence-corrected chi connectivity index (χ3v) is 5.61. The van der Waals surface area contributed by atoms with Crippen molar-refractivity contribution >= 4 is 11.7 Å². The molecule has 8 heteroatoms. The Labute approximate surface area is 181 Å². The number of anilines is 1. The summed E-state index contributed by atoms with van der Waals surface area (Å²) < 4.78 is 12.9. The standard InChI is InChI=1S/C23H27N5O3/c1-16-21(26-27-28(16)18-10-6-11-19(14-18)30-2)23(29)25-22-20(12-7-13-24-22)31-15-17-8-4-3-5-9-17/h6-7,10-14,17H,3-5,8-9,15H2,1-2H3,(H,24,25,29). The molecule has 0 aliphatic heterocycles. The Morgan fingerprint density at radius 3 is 2.84 bits per heavy atom. The number of benzene rings is 1. The molecular formula is C23H27N5O3. The maximum atomic E-state index is 12.9. The molecule has 1 N–H and O–H groups in total. The molecule has 2 heterocycles. The van der Waals surface area contributed by atoms with E-state index >= 15 is 0 Å². The van der Waals surface area contributed by atoms with Gasteiger partial charge in [0.15, 0.2) is 17.3 Å². The van der Waals surface area contributed by atoms with Gasteiger partial charge in [0.2, 0.25) is 0 Å². The van der Waals surface area contributed by atoms with Gasteiger partial charge in [0.25, 0.3) is 5.91 Å². The zero-order valence-electron chi connectivity index (χ0n) is 17.9. The van der Waals surface area contributed by atoms with Gasteiger partial charge in [-0.05, 0) is 49.9 Å². The van der Waals surface area contributed by atoms with Crippen molar-refractivity contribution in [3.63, 3.8) is 0 Å². The highest BCUT2D eigenvalue weighted by molar-refractivity contribution is 6.03. The van der Waals surface area contributed by atoms with Crippen LogP contribution in [0.25, 0.3) is 5.69 Å². The number of amides is 1. The molecule has 0 unspecified atom stereocenters. The van der Waals surface area contributed by atoms with Crippen LogP contribution in [-0.2, 0) is 0 Å². The Bertz CT molecular complexity index is 1040. The normalized spacial score (nSPS) is 14.3. The molecule has 31 heavy (non-hydrogen) atoms. The van der Waals surface area contributed by atoms with Crippen molar-refractivity contribution in [2.45, 2.75) is 39.0 Å². The third kappa shape index (κ3) is 4.84. The van der Waals surface area contributed by atoms with Crippen molar-refractivity contribution < 1.29 is 14.3 Å². The van der Waals surface area contributed by atoms with Crippen LogP contribution in [0.4, 0.5) is 5.82 Å². The predicted octanol–water partition coefficient (Wildman–Crippen LogP) is 4.19. The first-order valence-corrected chi connectivity index (χ1v) is 10.6. The minimum Gasteiger partial charge on any atom is -0.497 e. The Hall–Kier alpha value is -3.42. The van der Waals surface area contributed by atoms with E-state index in [9.17, 15) is 4.79 Å². The maximum absolute atomic E-state index is 12.9. The van der Waals surface area contributed by atoms with Crippen LogP contribution in [0, 0.1) is 12.8 Å². The second kappa shape index (κ2) is 9.59. The van der Waals surface area contributed by atoms with Gasteiger partial charge in [0.05, 0.1) is 25.1 Å². The largest absolute Gasteiger partial charge is 0.497 e. The second-order valence-electron chi connectivity index (χ2n) is 7.76. The van der Waals surface area contributed by atoms with Gasteiger partial charge in [-0.3, -0.25) is 4.79 Å². The number of pyridine rings is 1. The molecule has 162 valence electrons. The molecule has 0 saturated heterocycles. The molecule has 0 spiro atoms. The molecule has 1 amide bonds. The van der Waals surface area contributed by atoms with Gasteiger partial charge < -0.3 is 14.8 Å². The fourth-order valence-electron chi connectivity index (χ4n) is 3.86. The van der Waals surface area contributed by atoms with E-state index < -0.39 is 0 Å². The van der Waals surface area contributed by atoms with Gasteiger partial charge in [-0.15, -0.1) is 5.10 Å². The molecule has 1 fully saturated rings. The quantitative estimate of drug-likeness (QED) is 0.615. The summed E-state index contributed by atoms with van der Waals surface area (Å²) in [7, 11) is 1.60. The van der Waals surface area contributed by atoms with Gasteiger partial charge >= 0.3 is 0 Å². The van der Waals surface area contributed by atoms with Crippen molar-refractivity contribution in [3.05, 3.63) is 54.0 Å². The van der Waals surface area contributed by atoms with Crippen molar-refractivity contribution in [1.82, 2.24) is 20.0 Å². The smallest absolute Gasteiger partial charge is 0.279 e. The number of nitrogens with zero attached hydrogens (tertiary/aromatic N) is 4. The minimum absolute atomic E-state index is 0.228. The zero-order chi connectivity index (χ0) is 21.6. The predicted molar refractivity (Wildman–Crippen MR) is 117 cm³/mol. The van der Waals surface area contributed by atoms with Crippen molar-refractivity contribution in [2.75, 3.05) is 19.0 Å². The fraction of sp³-hybridized carbons (Fsp3) is 0.391. The second-order valence-corrected chi connectivity index (χ2v) is 7.76. The number of hydrogen-bond acceptors (Lipinski definition) is 6. The van der Waals surface area contributed by atoms with Gasteiger partial charge in [-0.1, -0.05) is 30.5 Å². The van der Waals surface area contributed by atoms with E-state index in [0.717, 1.165) is 5.69 Å².